The van der Waals surface area contributed by atoms with Crippen LogP contribution in [-0.4, -0.2) is 81.3 Å². The number of nitrogens with zero attached hydrogens (tertiary/aromatic N) is 3. The molecule has 2 aliphatic heterocycles. The van der Waals surface area contributed by atoms with Crippen molar-refractivity contribution < 1.29 is 13.9 Å². The lowest BCUT2D eigenvalue weighted by Crippen LogP contribution is -2.48. The Balaban J connectivity index is 1.19. The second-order valence-electron chi connectivity index (χ2n) is 8.15. The molecule has 0 aromatic heterocycles. The van der Waals surface area contributed by atoms with Crippen LogP contribution in [0.4, 0.5) is 10.1 Å². The fourth-order valence-corrected chi connectivity index (χ4v) is 4.14. The molecule has 4 rings (SSSR count). The molecule has 6 nitrogen and oxygen atoms in total. The lowest BCUT2D eigenvalue weighted by molar-refractivity contribution is 0.0342. The van der Waals surface area contributed by atoms with Crippen LogP contribution >= 0.6 is 0 Å². The van der Waals surface area contributed by atoms with Crippen LogP contribution in [0.15, 0.2) is 48.5 Å². The number of carbonyl (C=O) groups is 1. The van der Waals surface area contributed by atoms with Crippen molar-refractivity contribution in [3.63, 3.8) is 0 Å². The van der Waals surface area contributed by atoms with E-state index >= 15 is 0 Å². The molecule has 0 spiro atoms. The predicted molar refractivity (Wildman–Crippen MR) is 120 cm³/mol. The van der Waals surface area contributed by atoms with Gasteiger partial charge in [0.25, 0.3) is 5.91 Å². The van der Waals surface area contributed by atoms with Crippen LogP contribution in [0.1, 0.15) is 15.9 Å². The minimum absolute atomic E-state index is 0.0197. The normalized spacial score (nSPS) is 18.2. The standard InChI is InChI=1S/C24H31FN4O2/c25-22-4-6-23(7-5-22)29-12-10-27(11-13-29)9-8-26-24(30)21-3-1-2-20(18-21)19-28-14-16-31-17-15-28/h1-7,18H,8-17,19H2,(H,26,30). The molecule has 2 aromatic rings. The first kappa shape index (κ1) is 21.7. The first-order chi connectivity index (χ1) is 15.2. The zero-order chi connectivity index (χ0) is 21.5. The van der Waals surface area contributed by atoms with E-state index in [9.17, 15) is 9.18 Å². The summed E-state index contributed by atoms with van der Waals surface area (Å²) < 4.78 is 18.5. The molecule has 166 valence electrons. The Hall–Kier alpha value is -2.48. The quantitative estimate of drug-likeness (QED) is 0.736. The Morgan fingerprint density at radius 3 is 2.42 bits per heavy atom. The Morgan fingerprint density at radius 2 is 1.68 bits per heavy atom. The fraction of sp³-hybridized carbons (Fsp3) is 0.458. The van der Waals surface area contributed by atoms with E-state index in [1.54, 1.807) is 0 Å². The molecule has 2 heterocycles. The fourth-order valence-electron chi connectivity index (χ4n) is 4.14. The van der Waals surface area contributed by atoms with Gasteiger partial charge in [-0.1, -0.05) is 12.1 Å². The molecule has 2 aliphatic rings. The number of rotatable bonds is 7. The summed E-state index contributed by atoms with van der Waals surface area (Å²) in [5.41, 5.74) is 2.93. The molecule has 0 radical (unpaired) electrons. The van der Waals surface area contributed by atoms with E-state index in [2.05, 4.69) is 26.1 Å². The lowest BCUT2D eigenvalue weighted by Gasteiger charge is -2.36. The zero-order valence-corrected chi connectivity index (χ0v) is 17.9. The first-order valence-electron chi connectivity index (χ1n) is 11.1. The predicted octanol–water partition coefficient (Wildman–Crippen LogP) is 2.21. The van der Waals surface area contributed by atoms with Crippen LogP contribution in [0.3, 0.4) is 0 Å². The van der Waals surface area contributed by atoms with Gasteiger partial charge in [0.05, 0.1) is 13.2 Å². The van der Waals surface area contributed by atoms with Gasteiger partial charge in [-0.2, -0.15) is 0 Å². The number of hydrogen-bond donors (Lipinski definition) is 1. The number of nitrogens with one attached hydrogen (secondary N) is 1. The van der Waals surface area contributed by atoms with Crippen molar-refractivity contribution in [2.75, 3.05) is 70.5 Å². The second-order valence-corrected chi connectivity index (χ2v) is 8.15. The first-order valence-corrected chi connectivity index (χ1v) is 11.1. The van der Waals surface area contributed by atoms with Crippen LogP contribution in [0.5, 0.6) is 0 Å². The van der Waals surface area contributed by atoms with E-state index in [0.717, 1.165) is 76.8 Å². The van der Waals surface area contributed by atoms with E-state index in [1.165, 1.54) is 12.1 Å². The van der Waals surface area contributed by atoms with Crippen LogP contribution in [0.25, 0.3) is 0 Å². The number of hydrogen-bond acceptors (Lipinski definition) is 5. The maximum absolute atomic E-state index is 13.1. The molecule has 0 saturated carbocycles. The summed E-state index contributed by atoms with van der Waals surface area (Å²) in [4.78, 5) is 19.6. The van der Waals surface area contributed by atoms with Gasteiger partial charge in [0.15, 0.2) is 0 Å². The van der Waals surface area contributed by atoms with Crippen LogP contribution in [0, 0.1) is 5.82 Å². The molecular weight excluding hydrogens is 395 g/mol. The molecule has 1 amide bonds. The Bertz CT molecular complexity index is 847. The molecular formula is C24H31FN4O2. The summed E-state index contributed by atoms with van der Waals surface area (Å²) >= 11 is 0. The highest BCUT2D eigenvalue weighted by Gasteiger charge is 2.17. The third kappa shape index (κ3) is 6.26. The Kier molecular flexibility index (Phi) is 7.51. The summed E-state index contributed by atoms with van der Waals surface area (Å²) in [6.45, 7) is 9.41. The number of morpholine rings is 1. The number of anilines is 1. The lowest BCUT2D eigenvalue weighted by atomic mass is 10.1. The topological polar surface area (TPSA) is 48.1 Å². The molecule has 0 atom stereocenters. The average molecular weight is 427 g/mol. The summed E-state index contributed by atoms with van der Waals surface area (Å²) in [5, 5.41) is 3.06. The minimum atomic E-state index is -0.204. The number of benzene rings is 2. The van der Waals surface area contributed by atoms with E-state index in [4.69, 9.17) is 4.74 Å². The summed E-state index contributed by atoms with van der Waals surface area (Å²) in [5.74, 6) is -0.224. The average Bonchev–Trinajstić information content (AvgIpc) is 2.81. The van der Waals surface area contributed by atoms with Gasteiger partial charge in [0.1, 0.15) is 5.82 Å². The minimum Gasteiger partial charge on any atom is -0.379 e. The molecule has 0 aliphatic carbocycles. The van der Waals surface area contributed by atoms with E-state index in [-0.39, 0.29) is 11.7 Å². The maximum Gasteiger partial charge on any atom is 0.251 e. The van der Waals surface area contributed by atoms with Crippen LogP contribution in [-0.2, 0) is 11.3 Å². The van der Waals surface area contributed by atoms with Gasteiger partial charge >= 0.3 is 0 Å². The van der Waals surface area contributed by atoms with Crippen molar-refractivity contribution >= 4 is 11.6 Å². The van der Waals surface area contributed by atoms with Crippen molar-refractivity contribution in [3.05, 3.63) is 65.5 Å². The molecule has 2 saturated heterocycles. The largest absolute Gasteiger partial charge is 0.379 e. The molecule has 7 heteroatoms. The van der Waals surface area contributed by atoms with E-state index in [0.29, 0.717) is 12.1 Å². The van der Waals surface area contributed by atoms with Crippen molar-refractivity contribution in [1.29, 1.82) is 0 Å². The highest BCUT2D eigenvalue weighted by molar-refractivity contribution is 5.94. The van der Waals surface area contributed by atoms with Crippen molar-refractivity contribution in [1.82, 2.24) is 15.1 Å². The monoisotopic (exact) mass is 426 g/mol. The highest BCUT2D eigenvalue weighted by atomic mass is 19.1. The van der Waals surface area contributed by atoms with Gasteiger partial charge in [-0.25, -0.2) is 4.39 Å². The summed E-state index contributed by atoms with van der Waals surface area (Å²) in [6, 6.07) is 14.6. The van der Waals surface area contributed by atoms with Gasteiger partial charge in [-0.05, 0) is 42.0 Å². The van der Waals surface area contributed by atoms with E-state index < -0.39 is 0 Å². The number of halogens is 1. The summed E-state index contributed by atoms with van der Waals surface area (Å²) in [6.07, 6.45) is 0. The zero-order valence-electron chi connectivity index (χ0n) is 17.9. The molecule has 1 N–H and O–H groups in total. The highest BCUT2D eigenvalue weighted by Crippen LogP contribution is 2.16. The van der Waals surface area contributed by atoms with Gasteiger partial charge in [-0.15, -0.1) is 0 Å². The summed E-state index contributed by atoms with van der Waals surface area (Å²) in [7, 11) is 0. The van der Waals surface area contributed by atoms with Gasteiger partial charge in [0, 0.05) is 70.2 Å². The van der Waals surface area contributed by atoms with Gasteiger partial charge in [0.2, 0.25) is 0 Å². The number of carbonyl (C=O) groups excluding carboxylic acids is 1. The van der Waals surface area contributed by atoms with E-state index in [1.807, 2.05) is 30.3 Å². The van der Waals surface area contributed by atoms with Crippen LogP contribution in [0.2, 0.25) is 0 Å². The second kappa shape index (κ2) is 10.7. The maximum atomic E-state index is 13.1. The third-order valence-corrected chi connectivity index (χ3v) is 5.98. The van der Waals surface area contributed by atoms with Crippen molar-refractivity contribution in [2.45, 2.75) is 6.54 Å². The Morgan fingerprint density at radius 1 is 0.935 bits per heavy atom. The molecule has 2 aromatic carbocycles. The smallest absolute Gasteiger partial charge is 0.251 e. The molecule has 2 fully saturated rings. The molecule has 31 heavy (non-hydrogen) atoms. The Labute approximate surface area is 183 Å². The van der Waals surface area contributed by atoms with Gasteiger partial charge < -0.3 is 15.0 Å². The number of ether oxygens (including phenoxy) is 1. The molecule has 0 bridgehead atoms. The van der Waals surface area contributed by atoms with Gasteiger partial charge in [-0.3, -0.25) is 14.6 Å². The third-order valence-electron chi connectivity index (χ3n) is 5.98. The van der Waals surface area contributed by atoms with Crippen molar-refractivity contribution in [2.24, 2.45) is 0 Å². The molecule has 0 unspecified atom stereocenters. The van der Waals surface area contributed by atoms with Crippen molar-refractivity contribution in [3.8, 4) is 0 Å². The SMILES string of the molecule is O=C(NCCN1CCN(c2ccc(F)cc2)CC1)c1cccc(CN2CCOCC2)c1. The number of piperazine rings is 1. The number of amides is 1. The van der Waals surface area contributed by atoms with Crippen LogP contribution < -0.4 is 10.2 Å².